The summed E-state index contributed by atoms with van der Waals surface area (Å²) in [4.78, 5) is 18.4. The first-order valence-electron chi connectivity index (χ1n) is 11.3. The molecule has 1 aromatic heterocycles. The fourth-order valence-electron chi connectivity index (χ4n) is 4.69. The molecule has 3 aliphatic rings. The minimum Gasteiger partial charge on any atom is -0.338 e. The summed E-state index contributed by atoms with van der Waals surface area (Å²) < 4.78 is 0. The van der Waals surface area contributed by atoms with E-state index in [0.717, 1.165) is 25.9 Å². The van der Waals surface area contributed by atoms with Gasteiger partial charge in [0.1, 0.15) is 0 Å². The van der Waals surface area contributed by atoms with E-state index >= 15 is 0 Å². The van der Waals surface area contributed by atoms with Crippen LogP contribution in [0.1, 0.15) is 38.5 Å². The van der Waals surface area contributed by atoms with Crippen LogP contribution in [-0.2, 0) is 0 Å². The largest absolute Gasteiger partial charge is 0.338 e. The van der Waals surface area contributed by atoms with Gasteiger partial charge in [0.25, 0.3) is 0 Å². The maximum absolute atomic E-state index is 6.21. The lowest BCUT2D eigenvalue weighted by atomic mass is 10.0. The van der Waals surface area contributed by atoms with Gasteiger partial charge >= 0.3 is 0 Å². The highest BCUT2D eigenvalue weighted by molar-refractivity contribution is 5.46. The lowest BCUT2D eigenvalue weighted by molar-refractivity contribution is 0.340. The first kappa shape index (κ1) is 21.4. The minimum absolute atomic E-state index is 0.00723. The van der Waals surface area contributed by atoms with Crippen LogP contribution in [0.5, 0.6) is 0 Å². The van der Waals surface area contributed by atoms with E-state index in [9.17, 15) is 0 Å². The average Bonchev–Trinajstić information content (AvgIpc) is 2.95. The standard InChI is InChI=1S/C19H37N11/c20-13-7-14(21)10-28(9-13)18-24-17(27-30-5-3-1-2-4-6-30)25-19(26-18)29-11-15(22)8-16(23)12-29/h13-16H,1-12,20-23H2,(H,24,25,26,27). The molecule has 3 saturated heterocycles. The molecule has 11 nitrogen and oxygen atoms in total. The van der Waals surface area contributed by atoms with Gasteiger partial charge in [0, 0.05) is 63.4 Å². The third kappa shape index (κ3) is 5.46. The molecule has 0 bridgehead atoms. The van der Waals surface area contributed by atoms with Crippen molar-refractivity contribution in [1.29, 1.82) is 0 Å². The van der Waals surface area contributed by atoms with Crippen molar-refractivity contribution in [2.75, 3.05) is 54.5 Å². The molecule has 0 spiro atoms. The molecule has 0 saturated carbocycles. The Hall–Kier alpha value is -1.79. The second kappa shape index (κ2) is 9.56. The predicted octanol–water partition coefficient (Wildman–Crippen LogP) is -1.20. The molecule has 4 rings (SSSR count). The van der Waals surface area contributed by atoms with E-state index < -0.39 is 0 Å². The van der Waals surface area contributed by atoms with Gasteiger partial charge in [0.2, 0.25) is 17.8 Å². The third-order valence-corrected chi connectivity index (χ3v) is 6.07. The van der Waals surface area contributed by atoms with E-state index in [0.29, 0.717) is 44.0 Å². The molecule has 4 unspecified atom stereocenters. The zero-order chi connectivity index (χ0) is 21.1. The van der Waals surface area contributed by atoms with Crippen molar-refractivity contribution in [2.45, 2.75) is 62.7 Å². The van der Waals surface area contributed by atoms with Crippen molar-refractivity contribution in [2.24, 2.45) is 22.9 Å². The summed E-state index contributed by atoms with van der Waals surface area (Å²) in [5, 5.41) is 2.21. The Labute approximate surface area is 178 Å². The van der Waals surface area contributed by atoms with Gasteiger partial charge in [-0.2, -0.15) is 15.0 Å². The Morgan fingerprint density at radius 3 is 1.50 bits per heavy atom. The van der Waals surface area contributed by atoms with Gasteiger partial charge in [0.05, 0.1) is 0 Å². The summed E-state index contributed by atoms with van der Waals surface area (Å²) in [5.74, 6) is 1.77. The maximum atomic E-state index is 6.21. The van der Waals surface area contributed by atoms with Gasteiger partial charge in [-0.05, 0) is 25.7 Å². The third-order valence-electron chi connectivity index (χ3n) is 6.07. The Morgan fingerprint density at radius 2 is 1.07 bits per heavy atom. The van der Waals surface area contributed by atoms with Crippen LogP contribution in [0.2, 0.25) is 0 Å². The minimum atomic E-state index is 0.00723. The fourth-order valence-corrected chi connectivity index (χ4v) is 4.69. The molecule has 0 aliphatic carbocycles. The SMILES string of the molecule is NC1CC(N)CN(c2nc(NN3CCCCCC3)nc(N3CC(N)CC(N)C3)n2)C1. The molecular weight excluding hydrogens is 382 g/mol. The highest BCUT2D eigenvalue weighted by Gasteiger charge is 2.29. The van der Waals surface area contributed by atoms with E-state index in [1.54, 1.807) is 0 Å². The fraction of sp³-hybridized carbons (Fsp3) is 0.842. The van der Waals surface area contributed by atoms with E-state index in [4.69, 9.17) is 37.9 Å². The number of anilines is 3. The number of aromatic nitrogens is 3. The van der Waals surface area contributed by atoms with Gasteiger partial charge in [-0.3, -0.25) is 5.43 Å². The topological polar surface area (TPSA) is 164 Å². The van der Waals surface area contributed by atoms with Crippen LogP contribution in [0.15, 0.2) is 0 Å². The Kier molecular flexibility index (Phi) is 6.84. The molecule has 168 valence electrons. The summed E-state index contributed by atoms with van der Waals surface area (Å²) in [7, 11) is 0. The Morgan fingerprint density at radius 1 is 0.633 bits per heavy atom. The number of hydrogen-bond donors (Lipinski definition) is 5. The number of piperidine rings is 2. The summed E-state index contributed by atoms with van der Waals surface area (Å²) in [6.07, 6.45) is 6.48. The maximum Gasteiger partial charge on any atom is 0.244 e. The van der Waals surface area contributed by atoms with Crippen molar-refractivity contribution < 1.29 is 0 Å². The van der Waals surface area contributed by atoms with Gasteiger partial charge in [-0.15, -0.1) is 0 Å². The summed E-state index contributed by atoms with van der Waals surface area (Å²) in [6.45, 7) is 4.68. The summed E-state index contributed by atoms with van der Waals surface area (Å²) in [5.41, 5.74) is 28.3. The van der Waals surface area contributed by atoms with Crippen molar-refractivity contribution in [3.8, 4) is 0 Å². The lowest BCUT2D eigenvalue weighted by Gasteiger charge is -2.37. The van der Waals surface area contributed by atoms with Crippen LogP contribution >= 0.6 is 0 Å². The van der Waals surface area contributed by atoms with E-state index in [1.165, 1.54) is 25.7 Å². The predicted molar refractivity (Wildman–Crippen MR) is 119 cm³/mol. The summed E-state index contributed by atoms with van der Waals surface area (Å²) >= 11 is 0. The van der Waals surface area contributed by atoms with Crippen LogP contribution in [0.3, 0.4) is 0 Å². The molecule has 11 heteroatoms. The number of nitrogens with two attached hydrogens (primary N) is 4. The van der Waals surface area contributed by atoms with E-state index in [1.807, 2.05) is 0 Å². The van der Waals surface area contributed by atoms with Crippen LogP contribution in [0, 0.1) is 0 Å². The van der Waals surface area contributed by atoms with Crippen LogP contribution in [-0.4, -0.2) is 83.4 Å². The normalized spacial score (nSPS) is 31.5. The summed E-state index contributed by atoms with van der Waals surface area (Å²) in [6, 6.07) is 0.0289. The molecule has 0 aromatic carbocycles. The van der Waals surface area contributed by atoms with Crippen molar-refractivity contribution in [3.63, 3.8) is 0 Å². The molecular formula is C19H37N11. The average molecular weight is 420 g/mol. The Bertz CT molecular complexity index is 629. The van der Waals surface area contributed by atoms with Crippen molar-refractivity contribution in [3.05, 3.63) is 0 Å². The first-order valence-corrected chi connectivity index (χ1v) is 11.3. The molecule has 3 aliphatic heterocycles. The second-order valence-corrected chi connectivity index (χ2v) is 9.09. The molecule has 1 aromatic rings. The number of nitrogens with zero attached hydrogens (tertiary/aromatic N) is 6. The molecule has 30 heavy (non-hydrogen) atoms. The van der Waals surface area contributed by atoms with Gasteiger partial charge in [-0.1, -0.05) is 12.8 Å². The molecule has 0 radical (unpaired) electrons. The lowest BCUT2D eigenvalue weighted by Crippen LogP contribution is -2.54. The molecule has 3 fully saturated rings. The smallest absolute Gasteiger partial charge is 0.244 e. The van der Waals surface area contributed by atoms with Crippen molar-refractivity contribution >= 4 is 17.8 Å². The first-order chi connectivity index (χ1) is 14.5. The number of hydrazine groups is 1. The van der Waals surface area contributed by atoms with Gasteiger partial charge < -0.3 is 32.7 Å². The molecule has 0 amide bonds. The Balaban J connectivity index is 1.61. The zero-order valence-electron chi connectivity index (χ0n) is 17.8. The molecule has 4 heterocycles. The van der Waals surface area contributed by atoms with E-state index in [2.05, 4.69) is 20.2 Å². The van der Waals surface area contributed by atoms with Crippen LogP contribution in [0.25, 0.3) is 0 Å². The van der Waals surface area contributed by atoms with Crippen molar-refractivity contribution in [1.82, 2.24) is 20.0 Å². The second-order valence-electron chi connectivity index (χ2n) is 9.09. The quantitative estimate of drug-likeness (QED) is 0.398. The number of hydrogen-bond acceptors (Lipinski definition) is 11. The van der Waals surface area contributed by atoms with Gasteiger partial charge in [-0.25, -0.2) is 5.01 Å². The van der Waals surface area contributed by atoms with Crippen LogP contribution < -0.4 is 38.2 Å². The molecule has 9 N–H and O–H groups in total. The highest BCUT2D eigenvalue weighted by atomic mass is 15.5. The van der Waals surface area contributed by atoms with E-state index in [-0.39, 0.29) is 24.2 Å². The number of rotatable bonds is 4. The van der Waals surface area contributed by atoms with Crippen LogP contribution in [0.4, 0.5) is 17.8 Å². The monoisotopic (exact) mass is 419 g/mol. The number of nitrogens with one attached hydrogen (secondary N) is 1. The molecule has 4 atom stereocenters. The highest BCUT2D eigenvalue weighted by Crippen LogP contribution is 2.22. The van der Waals surface area contributed by atoms with Gasteiger partial charge in [0.15, 0.2) is 0 Å². The zero-order valence-corrected chi connectivity index (χ0v) is 17.8.